The number of hydrazone groups is 1. The lowest BCUT2D eigenvalue weighted by molar-refractivity contribution is 0.0955. The number of nitrogens with zero attached hydrogens (tertiary/aromatic N) is 1. The van der Waals surface area contributed by atoms with E-state index in [0.717, 1.165) is 5.56 Å². The Hall–Kier alpha value is -2.13. The predicted octanol–water partition coefficient (Wildman–Crippen LogP) is 3.86. The van der Waals surface area contributed by atoms with Crippen molar-refractivity contribution in [3.05, 3.63) is 70.7 Å². The second kappa shape index (κ2) is 6.87. The van der Waals surface area contributed by atoms with Gasteiger partial charge in [0.25, 0.3) is 5.91 Å². The SMILES string of the molecule is C[C@@H](/C=N\NC(=O)c1ccccc1Cl)c1ccccc1. The van der Waals surface area contributed by atoms with Crippen LogP contribution in [0.15, 0.2) is 59.7 Å². The van der Waals surface area contributed by atoms with Crippen LogP contribution in [0.25, 0.3) is 0 Å². The minimum absolute atomic E-state index is 0.128. The first-order valence-electron chi connectivity index (χ1n) is 6.31. The molecular formula is C16H15ClN2O. The molecular weight excluding hydrogens is 272 g/mol. The normalized spacial score (nSPS) is 12.3. The number of rotatable bonds is 4. The third-order valence-corrected chi connectivity index (χ3v) is 3.24. The average molecular weight is 287 g/mol. The molecule has 0 aliphatic heterocycles. The van der Waals surface area contributed by atoms with Gasteiger partial charge in [-0.1, -0.05) is 61.0 Å². The molecule has 1 atom stereocenters. The Bertz CT molecular complexity index is 611. The molecule has 2 aromatic rings. The Morgan fingerprint density at radius 1 is 1.15 bits per heavy atom. The highest BCUT2D eigenvalue weighted by Gasteiger charge is 2.08. The smallest absolute Gasteiger partial charge is 0.267 e. The second-order valence-corrected chi connectivity index (χ2v) is 4.81. The lowest BCUT2D eigenvalue weighted by Gasteiger charge is -2.06. The Labute approximate surface area is 123 Å². The molecule has 20 heavy (non-hydrogen) atoms. The van der Waals surface area contributed by atoms with Gasteiger partial charge in [0.2, 0.25) is 0 Å². The molecule has 3 nitrogen and oxygen atoms in total. The van der Waals surface area contributed by atoms with Crippen LogP contribution in [-0.2, 0) is 0 Å². The fourth-order valence-corrected chi connectivity index (χ4v) is 1.98. The largest absolute Gasteiger partial charge is 0.272 e. The van der Waals surface area contributed by atoms with E-state index in [4.69, 9.17) is 11.6 Å². The van der Waals surface area contributed by atoms with Crippen LogP contribution >= 0.6 is 11.6 Å². The van der Waals surface area contributed by atoms with E-state index in [1.165, 1.54) is 0 Å². The molecule has 0 spiro atoms. The van der Waals surface area contributed by atoms with Gasteiger partial charge in [-0.3, -0.25) is 4.79 Å². The number of hydrogen-bond donors (Lipinski definition) is 1. The number of amides is 1. The molecule has 2 aromatic carbocycles. The Balaban J connectivity index is 1.97. The van der Waals surface area contributed by atoms with Crippen molar-refractivity contribution in [1.82, 2.24) is 5.43 Å². The molecule has 1 N–H and O–H groups in total. The average Bonchev–Trinajstić information content (AvgIpc) is 2.48. The molecule has 0 fully saturated rings. The zero-order valence-corrected chi connectivity index (χ0v) is 11.8. The predicted molar refractivity (Wildman–Crippen MR) is 82.3 cm³/mol. The van der Waals surface area contributed by atoms with Gasteiger partial charge >= 0.3 is 0 Å². The van der Waals surface area contributed by atoms with Crippen LogP contribution in [0, 0.1) is 0 Å². The molecule has 0 saturated carbocycles. The molecule has 0 bridgehead atoms. The molecule has 0 saturated heterocycles. The van der Waals surface area contributed by atoms with Crippen LogP contribution in [-0.4, -0.2) is 12.1 Å². The highest BCUT2D eigenvalue weighted by Crippen LogP contribution is 2.14. The van der Waals surface area contributed by atoms with Crippen LogP contribution in [0.5, 0.6) is 0 Å². The van der Waals surface area contributed by atoms with Gasteiger partial charge in [0, 0.05) is 12.1 Å². The van der Waals surface area contributed by atoms with E-state index in [2.05, 4.69) is 10.5 Å². The number of benzene rings is 2. The van der Waals surface area contributed by atoms with Gasteiger partial charge in [-0.2, -0.15) is 5.10 Å². The molecule has 0 aromatic heterocycles. The van der Waals surface area contributed by atoms with Gasteiger partial charge in [0.05, 0.1) is 10.6 Å². The lowest BCUT2D eigenvalue weighted by atomic mass is 10.0. The molecule has 0 aliphatic rings. The topological polar surface area (TPSA) is 41.5 Å². The van der Waals surface area contributed by atoms with E-state index in [1.807, 2.05) is 37.3 Å². The van der Waals surface area contributed by atoms with Crippen molar-refractivity contribution in [2.45, 2.75) is 12.8 Å². The summed E-state index contributed by atoms with van der Waals surface area (Å²) in [6, 6.07) is 16.8. The third-order valence-electron chi connectivity index (χ3n) is 2.91. The first-order chi connectivity index (χ1) is 9.68. The summed E-state index contributed by atoms with van der Waals surface area (Å²) in [5.41, 5.74) is 4.04. The van der Waals surface area contributed by atoms with Crippen molar-refractivity contribution in [2.24, 2.45) is 5.10 Å². The Kier molecular flexibility index (Phi) is 4.91. The van der Waals surface area contributed by atoms with Gasteiger partial charge < -0.3 is 0 Å². The monoisotopic (exact) mass is 286 g/mol. The Morgan fingerprint density at radius 2 is 1.80 bits per heavy atom. The quantitative estimate of drug-likeness (QED) is 0.673. The standard InChI is InChI=1S/C16H15ClN2O/c1-12(13-7-3-2-4-8-13)11-18-19-16(20)14-9-5-6-10-15(14)17/h2-12H,1H3,(H,19,20)/b18-11-/t12-/m0/s1. The fraction of sp³-hybridized carbons (Fsp3) is 0.125. The van der Waals surface area contributed by atoms with Crippen molar-refractivity contribution in [2.75, 3.05) is 0 Å². The maximum atomic E-state index is 11.9. The molecule has 102 valence electrons. The van der Waals surface area contributed by atoms with E-state index in [0.29, 0.717) is 10.6 Å². The molecule has 0 radical (unpaired) electrons. The molecule has 0 unspecified atom stereocenters. The van der Waals surface area contributed by atoms with Crippen molar-refractivity contribution in [3.8, 4) is 0 Å². The van der Waals surface area contributed by atoms with Gasteiger partial charge in [-0.05, 0) is 17.7 Å². The van der Waals surface area contributed by atoms with Gasteiger partial charge in [-0.15, -0.1) is 0 Å². The van der Waals surface area contributed by atoms with Gasteiger partial charge in [0.1, 0.15) is 0 Å². The van der Waals surface area contributed by atoms with Gasteiger partial charge in [0.15, 0.2) is 0 Å². The number of carbonyl (C=O) groups excluding carboxylic acids is 1. The van der Waals surface area contributed by atoms with E-state index >= 15 is 0 Å². The first-order valence-corrected chi connectivity index (χ1v) is 6.69. The number of carbonyl (C=O) groups is 1. The highest BCUT2D eigenvalue weighted by atomic mass is 35.5. The number of nitrogens with one attached hydrogen (secondary N) is 1. The van der Waals surface area contributed by atoms with Crippen molar-refractivity contribution < 1.29 is 4.79 Å². The summed E-state index contributed by atoms with van der Waals surface area (Å²) in [6.07, 6.45) is 1.70. The molecule has 4 heteroatoms. The maximum absolute atomic E-state index is 11.9. The first kappa shape index (κ1) is 14.3. The minimum Gasteiger partial charge on any atom is -0.267 e. The van der Waals surface area contributed by atoms with Crippen LogP contribution in [0.3, 0.4) is 0 Å². The van der Waals surface area contributed by atoms with Crippen LogP contribution in [0.4, 0.5) is 0 Å². The number of hydrogen-bond acceptors (Lipinski definition) is 2. The number of halogens is 1. The lowest BCUT2D eigenvalue weighted by Crippen LogP contribution is -2.18. The molecule has 0 aliphatic carbocycles. The van der Waals surface area contributed by atoms with E-state index in [1.54, 1.807) is 30.5 Å². The Morgan fingerprint density at radius 3 is 2.50 bits per heavy atom. The summed E-state index contributed by atoms with van der Waals surface area (Å²) in [5, 5.41) is 4.40. The summed E-state index contributed by atoms with van der Waals surface area (Å²) in [4.78, 5) is 11.9. The van der Waals surface area contributed by atoms with Crippen LogP contribution in [0.2, 0.25) is 5.02 Å². The van der Waals surface area contributed by atoms with Crippen LogP contribution in [0.1, 0.15) is 28.8 Å². The summed E-state index contributed by atoms with van der Waals surface area (Å²) in [6.45, 7) is 2.01. The van der Waals surface area contributed by atoms with Gasteiger partial charge in [-0.25, -0.2) is 5.43 Å². The molecule has 2 rings (SSSR count). The summed E-state index contributed by atoms with van der Waals surface area (Å²) in [7, 11) is 0. The molecule has 1 amide bonds. The zero-order chi connectivity index (χ0) is 14.4. The summed E-state index contributed by atoms with van der Waals surface area (Å²) in [5.74, 6) is -0.185. The zero-order valence-electron chi connectivity index (χ0n) is 11.1. The molecule has 0 heterocycles. The van der Waals surface area contributed by atoms with Crippen molar-refractivity contribution >= 4 is 23.7 Å². The van der Waals surface area contributed by atoms with Crippen molar-refractivity contribution in [3.63, 3.8) is 0 Å². The fourth-order valence-electron chi connectivity index (χ4n) is 1.76. The minimum atomic E-state index is -0.313. The van der Waals surface area contributed by atoms with E-state index in [9.17, 15) is 4.79 Å². The summed E-state index contributed by atoms with van der Waals surface area (Å²) < 4.78 is 0. The van der Waals surface area contributed by atoms with Crippen molar-refractivity contribution in [1.29, 1.82) is 0 Å². The van der Waals surface area contributed by atoms with Crippen LogP contribution < -0.4 is 5.43 Å². The third kappa shape index (κ3) is 3.68. The summed E-state index contributed by atoms with van der Waals surface area (Å²) >= 11 is 5.94. The maximum Gasteiger partial charge on any atom is 0.272 e. The second-order valence-electron chi connectivity index (χ2n) is 4.40. The highest BCUT2D eigenvalue weighted by molar-refractivity contribution is 6.33. The van der Waals surface area contributed by atoms with E-state index < -0.39 is 0 Å². The van der Waals surface area contributed by atoms with E-state index in [-0.39, 0.29) is 11.8 Å².